The zero-order valence-corrected chi connectivity index (χ0v) is 7.90. The monoisotopic (exact) mass is 176 g/mol. The van der Waals surface area contributed by atoms with E-state index >= 15 is 0 Å². The van der Waals surface area contributed by atoms with Crippen LogP contribution >= 0.6 is 0 Å². The molecular formula is C10H14N3. The molecule has 0 saturated carbocycles. The van der Waals surface area contributed by atoms with Gasteiger partial charge in [0.2, 0.25) is 0 Å². The second-order valence-electron chi connectivity index (χ2n) is 3.37. The molecule has 0 N–H and O–H groups in total. The van der Waals surface area contributed by atoms with Gasteiger partial charge >= 0.3 is 0 Å². The van der Waals surface area contributed by atoms with Crippen LogP contribution in [-0.2, 0) is 0 Å². The molecule has 0 atom stereocenters. The molecule has 0 amide bonds. The van der Waals surface area contributed by atoms with Gasteiger partial charge in [-0.25, -0.2) is 4.98 Å². The average molecular weight is 176 g/mol. The van der Waals surface area contributed by atoms with E-state index in [9.17, 15) is 0 Å². The van der Waals surface area contributed by atoms with Gasteiger partial charge in [0.15, 0.2) is 0 Å². The summed E-state index contributed by atoms with van der Waals surface area (Å²) < 4.78 is 0. The lowest BCUT2D eigenvalue weighted by Gasteiger charge is -2.27. The maximum atomic E-state index is 4.45. The van der Waals surface area contributed by atoms with Gasteiger partial charge < -0.3 is 4.90 Å². The Morgan fingerprint density at radius 2 is 2.00 bits per heavy atom. The largest absolute Gasteiger partial charge is 0.355 e. The second-order valence-corrected chi connectivity index (χ2v) is 3.37. The molecule has 0 spiro atoms. The highest BCUT2D eigenvalue weighted by Gasteiger charge is 2.11. The molecule has 0 aliphatic carbocycles. The first-order chi connectivity index (χ1) is 6.36. The summed E-state index contributed by atoms with van der Waals surface area (Å²) in [5.41, 5.74) is 0.993. The van der Waals surface area contributed by atoms with Crippen LogP contribution in [0.5, 0.6) is 0 Å². The lowest BCUT2D eigenvalue weighted by Crippen LogP contribution is -2.30. The van der Waals surface area contributed by atoms with E-state index in [0.29, 0.717) is 0 Å². The van der Waals surface area contributed by atoms with Crippen LogP contribution in [0.25, 0.3) is 0 Å². The zero-order valence-electron chi connectivity index (χ0n) is 7.90. The van der Waals surface area contributed by atoms with Crippen LogP contribution in [0.3, 0.4) is 0 Å². The normalized spacial score (nSPS) is 17.5. The molecule has 2 heterocycles. The first-order valence-electron chi connectivity index (χ1n) is 4.71. The van der Waals surface area contributed by atoms with Crippen LogP contribution < -0.4 is 4.90 Å². The van der Waals surface area contributed by atoms with Gasteiger partial charge in [0.05, 0.1) is 11.9 Å². The van der Waals surface area contributed by atoms with Gasteiger partial charge in [-0.05, 0) is 26.2 Å². The number of hydrogen-bond donors (Lipinski definition) is 0. The number of hydrogen-bond acceptors (Lipinski definition) is 3. The Morgan fingerprint density at radius 3 is 2.69 bits per heavy atom. The minimum atomic E-state index is 0.993. The fourth-order valence-electron chi connectivity index (χ4n) is 1.58. The van der Waals surface area contributed by atoms with Crippen molar-refractivity contribution in [2.24, 2.45) is 0 Å². The van der Waals surface area contributed by atoms with Gasteiger partial charge in [0.25, 0.3) is 0 Å². The molecule has 69 valence electrons. The topological polar surface area (TPSA) is 29.0 Å². The summed E-state index contributed by atoms with van der Waals surface area (Å²) in [5, 5.41) is 0. The van der Waals surface area contributed by atoms with Gasteiger partial charge in [-0.1, -0.05) is 0 Å². The molecule has 0 bridgehead atoms. The summed E-state index contributed by atoms with van der Waals surface area (Å²) >= 11 is 0. The number of rotatable bonds is 1. The first kappa shape index (κ1) is 8.48. The number of anilines is 1. The van der Waals surface area contributed by atoms with Crippen molar-refractivity contribution in [3.05, 3.63) is 24.5 Å². The predicted octanol–water partition coefficient (Wildman–Crippen LogP) is 1.59. The maximum Gasteiger partial charge on any atom is 0.147 e. The van der Waals surface area contributed by atoms with Gasteiger partial charge in [0.1, 0.15) is 5.82 Å². The lowest BCUT2D eigenvalue weighted by molar-refractivity contribution is 0.668. The van der Waals surface area contributed by atoms with Crippen LogP contribution in [-0.4, -0.2) is 23.1 Å². The van der Waals surface area contributed by atoms with Crippen LogP contribution in [0.1, 0.15) is 18.5 Å². The fourth-order valence-corrected chi connectivity index (χ4v) is 1.58. The summed E-state index contributed by atoms with van der Waals surface area (Å²) in [7, 11) is 0. The Balaban J connectivity index is 2.14. The summed E-state index contributed by atoms with van der Waals surface area (Å²) in [6, 6.07) is 0. The molecule has 0 aromatic carbocycles. The first-order valence-corrected chi connectivity index (χ1v) is 4.71. The van der Waals surface area contributed by atoms with Crippen LogP contribution in [0, 0.1) is 13.3 Å². The Labute approximate surface area is 78.8 Å². The van der Waals surface area contributed by atoms with Crippen molar-refractivity contribution in [1.82, 2.24) is 9.97 Å². The number of aromatic nitrogens is 2. The molecular weight excluding hydrogens is 162 g/mol. The molecule has 1 aliphatic heterocycles. The van der Waals surface area contributed by atoms with E-state index in [1.165, 1.54) is 0 Å². The van der Waals surface area contributed by atoms with Crippen molar-refractivity contribution in [3.63, 3.8) is 0 Å². The number of piperidine rings is 1. The Hall–Kier alpha value is -1.12. The Kier molecular flexibility index (Phi) is 2.43. The quantitative estimate of drug-likeness (QED) is 0.650. The van der Waals surface area contributed by atoms with E-state index in [0.717, 1.165) is 37.4 Å². The second kappa shape index (κ2) is 3.73. The summed E-state index contributed by atoms with van der Waals surface area (Å²) in [5.74, 6) is 1.02. The van der Waals surface area contributed by atoms with Crippen molar-refractivity contribution in [3.8, 4) is 0 Å². The van der Waals surface area contributed by atoms with E-state index in [1.807, 2.05) is 13.1 Å². The molecule has 1 aromatic heterocycles. The van der Waals surface area contributed by atoms with Crippen molar-refractivity contribution in [2.45, 2.75) is 19.8 Å². The van der Waals surface area contributed by atoms with Gasteiger partial charge in [-0.3, -0.25) is 4.98 Å². The standard InChI is InChI=1S/C10H14N3/c1-9-7-11-8-10(12-9)13-5-3-2-4-6-13/h2,7-8H,3-6H2,1H3. The van der Waals surface area contributed by atoms with Gasteiger partial charge in [-0.2, -0.15) is 0 Å². The highest BCUT2D eigenvalue weighted by atomic mass is 15.2. The molecule has 2 rings (SSSR count). The van der Waals surface area contributed by atoms with Gasteiger partial charge in [-0.15, -0.1) is 0 Å². The zero-order chi connectivity index (χ0) is 9.10. The number of aryl methyl sites for hydroxylation is 1. The van der Waals surface area contributed by atoms with Crippen molar-refractivity contribution in [2.75, 3.05) is 18.0 Å². The fraction of sp³-hybridized carbons (Fsp3) is 0.500. The van der Waals surface area contributed by atoms with Crippen LogP contribution in [0.2, 0.25) is 0 Å². The molecule has 13 heavy (non-hydrogen) atoms. The molecule has 1 aromatic rings. The SMILES string of the molecule is Cc1cncc(N2CC[CH]CC2)n1. The molecule has 1 aliphatic rings. The third kappa shape index (κ3) is 1.97. The summed E-state index contributed by atoms with van der Waals surface area (Å²) in [6.07, 6.45) is 8.29. The highest BCUT2D eigenvalue weighted by molar-refractivity contribution is 5.36. The summed E-state index contributed by atoms with van der Waals surface area (Å²) in [4.78, 5) is 10.9. The highest BCUT2D eigenvalue weighted by Crippen LogP contribution is 2.15. The predicted molar refractivity (Wildman–Crippen MR) is 52.5 cm³/mol. The minimum Gasteiger partial charge on any atom is -0.355 e. The average Bonchev–Trinajstić information content (AvgIpc) is 2.19. The molecule has 1 saturated heterocycles. The minimum absolute atomic E-state index is 0.993. The van der Waals surface area contributed by atoms with Crippen LogP contribution in [0.4, 0.5) is 5.82 Å². The molecule has 3 nitrogen and oxygen atoms in total. The Bertz CT molecular complexity index is 279. The van der Waals surface area contributed by atoms with E-state index in [-0.39, 0.29) is 0 Å². The van der Waals surface area contributed by atoms with Crippen molar-refractivity contribution >= 4 is 5.82 Å². The van der Waals surface area contributed by atoms with E-state index in [1.54, 1.807) is 6.20 Å². The third-order valence-corrected chi connectivity index (χ3v) is 2.27. The lowest BCUT2D eigenvalue weighted by atomic mass is 10.1. The molecule has 0 unspecified atom stereocenters. The molecule has 3 heteroatoms. The van der Waals surface area contributed by atoms with Crippen molar-refractivity contribution in [1.29, 1.82) is 0 Å². The van der Waals surface area contributed by atoms with E-state index in [2.05, 4.69) is 21.3 Å². The molecule has 1 fully saturated rings. The van der Waals surface area contributed by atoms with Crippen LogP contribution in [0.15, 0.2) is 12.4 Å². The third-order valence-electron chi connectivity index (χ3n) is 2.27. The van der Waals surface area contributed by atoms with Gasteiger partial charge in [0, 0.05) is 19.3 Å². The van der Waals surface area contributed by atoms with Crippen molar-refractivity contribution < 1.29 is 0 Å². The summed E-state index contributed by atoms with van der Waals surface area (Å²) in [6.45, 7) is 4.14. The smallest absolute Gasteiger partial charge is 0.147 e. The van der Waals surface area contributed by atoms with E-state index < -0.39 is 0 Å². The van der Waals surface area contributed by atoms with E-state index in [4.69, 9.17) is 0 Å². The number of nitrogens with zero attached hydrogens (tertiary/aromatic N) is 3. The maximum absolute atomic E-state index is 4.45. The Morgan fingerprint density at radius 1 is 1.23 bits per heavy atom. The molecule has 1 radical (unpaired) electrons.